The zero-order valence-electron chi connectivity index (χ0n) is 7.92. The van der Waals surface area contributed by atoms with Crippen molar-refractivity contribution >= 4 is 5.82 Å². The molecule has 1 aromatic rings. The van der Waals surface area contributed by atoms with Crippen molar-refractivity contribution in [2.75, 3.05) is 5.73 Å². The third-order valence-electron chi connectivity index (χ3n) is 2.17. The van der Waals surface area contributed by atoms with Crippen molar-refractivity contribution in [3.63, 3.8) is 0 Å². The molecule has 3 heteroatoms. The average molecular weight is 168 g/mol. The lowest BCUT2D eigenvalue weighted by Crippen LogP contribution is -1.94. The molecule has 1 unspecified atom stereocenters. The van der Waals surface area contributed by atoms with Crippen LogP contribution >= 0.6 is 0 Å². The fourth-order valence-corrected chi connectivity index (χ4v) is 1.39. The largest absolute Gasteiger partial charge is 0.381 e. The molecule has 1 rings (SSSR count). The molecule has 0 saturated heterocycles. The van der Waals surface area contributed by atoms with Crippen LogP contribution in [0.25, 0.3) is 0 Å². The van der Waals surface area contributed by atoms with Crippen molar-refractivity contribution < 1.29 is 4.52 Å². The van der Waals surface area contributed by atoms with Crippen LogP contribution in [0.15, 0.2) is 4.52 Å². The summed E-state index contributed by atoms with van der Waals surface area (Å²) in [6.45, 7) is 6.25. The first kappa shape index (κ1) is 9.10. The number of nitrogen functional groups attached to an aromatic ring is 1. The van der Waals surface area contributed by atoms with E-state index < -0.39 is 0 Å². The topological polar surface area (TPSA) is 52.0 Å². The molecule has 12 heavy (non-hydrogen) atoms. The lowest BCUT2D eigenvalue weighted by molar-refractivity contribution is 0.360. The first-order valence-electron chi connectivity index (χ1n) is 4.38. The summed E-state index contributed by atoms with van der Waals surface area (Å²) in [4.78, 5) is 0. The van der Waals surface area contributed by atoms with Gasteiger partial charge in [-0.2, -0.15) is 0 Å². The second-order valence-corrected chi connectivity index (χ2v) is 3.25. The molecule has 68 valence electrons. The molecule has 0 saturated carbocycles. The Kier molecular flexibility index (Phi) is 2.74. The molecule has 2 N–H and O–H groups in total. The van der Waals surface area contributed by atoms with Crippen LogP contribution < -0.4 is 5.73 Å². The SMILES string of the molecule is CCCC(C)c1onc(N)c1C. The van der Waals surface area contributed by atoms with E-state index in [-0.39, 0.29) is 0 Å². The Bertz CT molecular complexity index is 255. The summed E-state index contributed by atoms with van der Waals surface area (Å²) in [5.41, 5.74) is 6.57. The van der Waals surface area contributed by atoms with E-state index in [1.54, 1.807) is 0 Å². The molecule has 0 amide bonds. The van der Waals surface area contributed by atoms with Gasteiger partial charge in [-0.25, -0.2) is 0 Å². The van der Waals surface area contributed by atoms with Crippen LogP contribution in [0.3, 0.4) is 0 Å². The van der Waals surface area contributed by atoms with Crippen molar-refractivity contribution in [1.29, 1.82) is 0 Å². The highest BCUT2D eigenvalue weighted by Gasteiger charge is 2.15. The highest BCUT2D eigenvalue weighted by atomic mass is 16.5. The maximum absolute atomic E-state index is 5.57. The zero-order valence-corrected chi connectivity index (χ0v) is 7.92. The van der Waals surface area contributed by atoms with Gasteiger partial charge in [0.1, 0.15) is 5.76 Å². The predicted octanol–water partition coefficient (Wildman–Crippen LogP) is 2.47. The summed E-state index contributed by atoms with van der Waals surface area (Å²) in [7, 11) is 0. The van der Waals surface area contributed by atoms with Crippen LogP contribution in [0.2, 0.25) is 0 Å². The summed E-state index contributed by atoms with van der Waals surface area (Å²) in [5.74, 6) is 1.89. The Labute approximate surface area is 72.9 Å². The summed E-state index contributed by atoms with van der Waals surface area (Å²) in [6.07, 6.45) is 2.27. The van der Waals surface area contributed by atoms with Gasteiger partial charge in [0.2, 0.25) is 0 Å². The summed E-state index contributed by atoms with van der Waals surface area (Å²) in [6, 6.07) is 0. The van der Waals surface area contributed by atoms with Gasteiger partial charge < -0.3 is 10.3 Å². The van der Waals surface area contributed by atoms with Crippen LogP contribution in [0.5, 0.6) is 0 Å². The average Bonchev–Trinajstić information content (AvgIpc) is 2.34. The van der Waals surface area contributed by atoms with E-state index >= 15 is 0 Å². The van der Waals surface area contributed by atoms with E-state index in [1.807, 2.05) is 6.92 Å². The van der Waals surface area contributed by atoms with Crippen LogP contribution in [0, 0.1) is 6.92 Å². The fourth-order valence-electron chi connectivity index (χ4n) is 1.39. The van der Waals surface area contributed by atoms with Gasteiger partial charge in [0.05, 0.1) is 0 Å². The number of aromatic nitrogens is 1. The van der Waals surface area contributed by atoms with Crippen LogP contribution in [-0.2, 0) is 0 Å². The number of anilines is 1. The van der Waals surface area contributed by atoms with Gasteiger partial charge in [0.25, 0.3) is 0 Å². The van der Waals surface area contributed by atoms with Crippen LogP contribution in [-0.4, -0.2) is 5.16 Å². The second kappa shape index (κ2) is 3.61. The Morgan fingerprint density at radius 2 is 2.25 bits per heavy atom. The maximum Gasteiger partial charge on any atom is 0.170 e. The third-order valence-corrected chi connectivity index (χ3v) is 2.17. The van der Waals surface area contributed by atoms with Crippen molar-refractivity contribution in [3.8, 4) is 0 Å². The molecule has 1 atom stereocenters. The molecule has 0 bridgehead atoms. The molecule has 0 aliphatic heterocycles. The minimum atomic E-state index is 0.430. The highest BCUT2D eigenvalue weighted by molar-refractivity contribution is 5.39. The zero-order chi connectivity index (χ0) is 9.14. The van der Waals surface area contributed by atoms with E-state index in [2.05, 4.69) is 19.0 Å². The summed E-state index contributed by atoms with van der Waals surface area (Å²) >= 11 is 0. The number of rotatable bonds is 3. The monoisotopic (exact) mass is 168 g/mol. The molecule has 0 aliphatic rings. The van der Waals surface area contributed by atoms with Crippen LogP contribution in [0.4, 0.5) is 5.82 Å². The minimum absolute atomic E-state index is 0.430. The minimum Gasteiger partial charge on any atom is -0.381 e. The highest BCUT2D eigenvalue weighted by Crippen LogP contribution is 2.26. The van der Waals surface area contributed by atoms with E-state index in [0.717, 1.165) is 24.2 Å². The normalized spacial score (nSPS) is 13.2. The number of nitrogens with two attached hydrogens (primary N) is 1. The lowest BCUT2D eigenvalue weighted by Gasteiger charge is -2.05. The Balaban J connectivity index is 2.80. The van der Waals surface area contributed by atoms with Crippen molar-refractivity contribution in [2.24, 2.45) is 0 Å². The van der Waals surface area contributed by atoms with E-state index in [9.17, 15) is 0 Å². The number of hydrogen-bond acceptors (Lipinski definition) is 3. The molecule has 1 aromatic heterocycles. The summed E-state index contributed by atoms with van der Waals surface area (Å²) in [5, 5.41) is 3.72. The molecule has 0 aliphatic carbocycles. The Morgan fingerprint density at radius 3 is 2.67 bits per heavy atom. The quantitative estimate of drug-likeness (QED) is 0.754. The fraction of sp³-hybridized carbons (Fsp3) is 0.667. The van der Waals surface area contributed by atoms with Crippen molar-refractivity contribution in [2.45, 2.75) is 39.5 Å². The molecule has 1 heterocycles. The standard InChI is InChI=1S/C9H16N2O/c1-4-5-6(2)8-7(3)9(10)11-12-8/h6H,4-5H2,1-3H3,(H2,10,11). The van der Waals surface area contributed by atoms with Gasteiger partial charge in [-0.15, -0.1) is 0 Å². The smallest absolute Gasteiger partial charge is 0.170 e. The second-order valence-electron chi connectivity index (χ2n) is 3.25. The van der Waals surface area contributed by atoms with Gasteiger partial charge in [-0.1, -0.05) is 25.4 Å². The maximum atomic E-state index is 5.57. The van der Waals surface area contributed by atoms with Gasteiger partial charge in [0.15, 0.2) is 5.82 Å². The van der Waals surface area contributed by atoms with Crippen LogP contribution in [0.1, 0.15) is 43.9 Å². The molecule has 0 spiro atoms. The van der Waals surface area contributed by atoms with Gasteiger partial charge in [0, 0.05) is 11.5 Å². The lowest BCUT2D eigenvalue weighted by atomic mass is 10.0. The van der Waals surface area contributed by atoms with Crippen molar-refractivity contribution in [1.82, 2.24) is 5.16 Å². The number of nitrogens with zero attached hydrogens (tertiary/aromatic N) is 1. The van der Waals surface area contributed by atoms with Crippen molar-refractivity contribution in [3.05, 3.63) is 11.3 Å². The molecular weight excluding hydrogens is 152 g/mol. The van der Waals surface area contributed by atoms with Gasteiger partial charge >= 0.3 is 0 Å². The van der Waals surface area contributed by atoms with E-state index in [0.29, 0.717) is 11.7 Å². The summed E-state index contributed by atoms with van der Waals surface area (Å²) < 4.78 is 5.13. The molecule has 0 aromatic carbocycles. The van der Waals surface area contributed by atoms with E-state index in [4.69, 9.17) is 10.3 Å². The predicted molar refractivity (Wildman–Crippen MR) is 49.0 cm³/mol. The first-order valence-corrected chi connectivity index (χ1v) is 4.38. The molecule has 0 radical (unpaired) electrons. The molecular formula is C9H16N2O. The molecule has 3 nitrogen and oxygen atoms in total. The van der Waals surface area contributed by atoms with Gasteiger partial charge in [-0.05, 0) is 13.3 Å². The van der Waals surface area contributed by atoms with Gasteiger partial charge in [-0.3, -0.25) is 0 Å². The Hall–Kier alpha value is -0.990. The van der Waals surface area contributed by atoms with E-state index in [1.165, 1.54) is 0 Å². The third kappa shape index (κ3) is 1.60. The molecule has 0 fully saturated rings. The number of hydrogen-bond donors (Lipinski definition) is 1. The Morgan fingerprint density at radius 1 is 1.58 bits per heavy atom. The first-order chi connectivity index (χ1) is 5.66.